The molecule has 15 heavy (non-hydrogen) atoms. The third-order valence-electron chi connectivity index (χ3n) is 1.53. The molecule has 1 aromatic heterocycles. The molecule has 0 bridgehead atoms. The molecule has 0 radical (unpaired) electrons. The molecule has 80 valence electrons. The monoisotopic (exact) mass is 228 g/mol. The number of carboxylic acid groups (broad SMARTS) is 1. The highest BCUT2D eigenvalue weighted by molar-refractivity contribution is 7.14. The first-order valence-electron chi connectivity index (χ1n) is 3.95. The second-order valence-electron chi connectivity index (χ2n) is 2.71. The zero-order chi connectivity index (χ0) is 11.4. The molecule has 1 heterocycles. The Kier molecular flexibility index (Phi) is 3.51. The molecule has 0 saturated carbocycles. The number of aliphatic carboxylic acids is 1. The maximum atomic E-state index is 10.7. The molecule has 1 atom stereocenters. The van der Waals surface area contributed by atoms with E-state index in [-0.39, 0.29) is 16.7 Å². The highest BCUT2D eigenvalue weighted by atomic mass is 32.1. The third kappa shape index (κ3) is 2.84. The molecule has 2 N–H and O–H groups in total. The van der Waals surface area contributed by atoms with Gasteiger partial charge in [0, 0.05) is 12.3 Å². The van der Waals surface area contributed by atoms with Crippen LogP contribution in [0.5, 0.6) is 0 Å². The van der Waals surface area contributed by atoms with Crippen LogP contribution < -0.4 is 5.32 Å². The molecule has 0 aliphatic heterocycles. The van der Waals surface area contributed by atoms with E-state index >= 15 is 0 Å². The van der Waals surface area contributed by atoms with Gasteiger partial charge in [0.2, 0.25) is 5.91 Å². The summed E-state index contributed by atoms with van der Waals surface area (Å²) in [7, 11) is 0. The van der Waals surface area contributed by atoms with Crippen LogP contribution in [0.3, 0.4) is 0 Å². The number of amides is 1. The molecule has 0 saturated heterocycles. The molecule has 0 fully saturated rings. The molecule has 7 heteroatoms. The average molecular weight is 228 g/mol. The van der Waals surface area contributed by atoms with E-state index in [9.17, 15) is 14.4 Å². The van der Waals surface area contributed by atoms with Gasteiger partial charge in [-0.3, -0.25) is 9.59 Å². The van der Waals surface area contributed by atoms with Crippen molar-refractivity contribution in [2.45, 2.75) is 12.8 Å². The fourth-order valence-electron chi connectivity index (χ4n) is 0.891. The van der Waals surface area contributed by atoms with Crippen LogP contribution in [0.25, 0.3) is 0 Å². The number of thiazole rings is 1. The van der Waals surface area contributed by atoms with E-state index in [1.165, 1.54) is 12.3 Å². The van der Waals surface area contributed by atoms with Crippen LogP contribution in [-0.4, -0.2) is 28.3 Å². The third-order valence-corrected chi connectivity index (χ3v) is 2.30. The van der Waals surface area contributed by atoms with Crippen LogP contribution in [-0.2, 0) is 14.4 Å². The second kappa shape index (κ2) is 4.65. The van der Waals surface area contributed by atoms with Crippen molar-refractivity contribution in [3.05, 3.63) is 11.1 Å². The Labute approximate surface area is 88.9 Å². The van der Waals surface area contributed by atoms with E-state index in [0.717, 1.165) is 11.3 Å². The first-order valence-corrected chi connectivity index (χ1v) is 4.83. The molecule has 0 aromatic carbocycles. The summed E-state index contributed by atoms with van der Waals surface area (Å²) < 4.78 is 0. The average Bonchev–Trinajstić information content (AvgIpc) is 2.52. The molecule has 1 rings (SSSR count). The number of hydrogen-bond acceptors (Lipinski definition) is 5. The molecular formula is C8H8N2O4S. The van der Waals surface area contributed by atoms with E-state index in [2.05, 4.69) is 10.3 Å². The summed E-state index contributed by atoms with van der Waals surface area (Å²) in [5.74, 6) is -2.83. The number of anilines is 1. The van der Waals surface area contributed by atoms with Crippen molar-refractivity contribution in [3.63, 3.8) is 0 Å². The van der Waals surface area contributed by atoms with Crippen LogP contribution in [0, 0.1) is 0 Å². The van der Waals surface area contributed by atoms with Crippen LogP contribution in [0.4, 0.5) is 5.13 Å². The lowest BCUT2D eigenvalue weighted by atomic mass is 10.1. The van der Waals surface area contributed by atoms with E-state index in [0.29, 0.717) is 6.29 Å². The Bertz CT molecular complexity index is 401. The minimum absolute atomic E-state index is 0.131. The first kappa shape index (κ1) is 11.3. The lowest BCUT2D eigenvalue weighted by Crippen LogP contribution is -2.13. The van der Waals surface area contributed by atoms with Crippen LogP contribution >= 0.6 is 11.3 Å². The van der Waals surface area contributed by atoms with Gasteiger partial charge in [-0.05, 0) is 0 Å². The summed E-state index contributed by atoms with van der Waals surface area (Å²) in [6.07, 6.45) is 0.301. The Balaban J connectivity index is 2.87. The van der Waals surface area contributed by atoms with Gasteiger partial charge in [-0.25, -0.2) is 4.98 Å². The standard InChI is InChI=1S/C8H8N2O4S/c1-4(12)9-8-10-6(3-15-8)5(2-11)7(13)14/h2-3,5H,1H3,(H,13,14)(H,9,10,12). The summed E-state index contributed by atoms with van der Waals surface area (Å²) in [6, 6.07) is 0. The number of hydrogen-bond donors (Lipinski definition) is 2. The molecule has 0 aliphatic rings. The van der Waals surface area contributed by atoms with Crippen molar-refractivity contribution >= 4 is 34.6 Å². The predicted molar refractivity (Wildman–Crippen MR) is 52.9 cm³/mol. The van der Waals surface area contributed by atoms with Crippen molar-refractivity contribution in [2.24, 2.45) is 0 Å². The van der Waals surface area contributed by atoms with Crippen molar-refractivity contribution < 1.29 is 19.5 Å². The van der Waals surface area contributed by atoms with Crippen LogP contribution in [0.1, 0.15) is 18.5 Å². The number of nitrogens with zero attached hydrogens (tertiary/aromatic N) is 1. The normalized spacial score (nSPS) is 11.8. The summed E-state index contributed by atoms with van der Waals surface area (Å²) >= 11 is 1.07. The number of aromatic nitrogens is 1. The van der Waals surface area contributed by atoms with Gasteiger partial charge >= 0.3 is 5.97 Å². The molecule has 1 unspecified atom stereocenters. The Morgan fingerprint density at radius 1 is 1.67 bits per heavy atom. The van der Waals surface area contributed by atoms with E-state index in [1.807, 2.05) is 0 Å². The Hall–Kier alpha value is -1.76. The number of rotatable bonds is 4. The van der Waals surface area contributed by atoms with E-state index in [4.69, 9.17) is 5.11 Å². The Morgan fingerprint density at radius 2 is 2.33 bits per heavy atom. The SMILES string of the molecule is CC(=O)Nc1nc(C(C=O)C(=O)O)cs1. The fraction of sp³-hybridized carbons (Fsp3) is 0.250. The number of carbonyl (C=O) groups excluding carboxylic acids is 2. The Morgan fingerprint density at radius 3 is 2.80 bits per heavy atom. The van der Waals surface area contributed by atoms with Gasteiger partial charge in [0.1, 0.15) is 6.29 Å². The smallest absolute Gasteiger partial charge is 0.319 e. The van der Waals surface area contributed by atoms with E-state index in [1.54, 1.807) is 0 Å². The van der Waals surface area contributed by atoms with Crippen molar-refractivity contribution in [3.8, 4) is 0 Å². The zero-order valence-electron chi connectivity index (χ0n) is 7.76. The minimum Gasteiger partial charge on any atom is -0.480 e. The highest BCUT2D eigenvalue weighted by Crippen LogP contribution is 2.21. The lowest BCUT2D eigenvalue weighted by Gasteiger charge is -1.99. The van der Waals surface area contributed by atoms with Gasteiger partial charge in [-0.1, -0.05) is 0 Å². The molecule has 0 aliphatic carbocycles. The van der Waals surface area contributed by atoms with Gasteiger partial charge in [-0.2, -0.15) is 0 Å². The number of carbonyl (C=O) groups is 3. The highest BCUT2D eigenvalue weighted by Gasteiger charge is 2.21. The second-order valence-corrected chi connectivity index (χ2v) is 3.57. The topological polar surface area (TPSA) is 96.4 Å². The number of nitrogens with one attached hydrogen (secondary N) is 1. The largest absolute Gasteiger partial charge is 0.480 e. The van der Waals surface area contributed by atoms with E-state index < -0.39 is 11.9 Å². The predicted octanol–water partition coefficient (Wildman–Crippen LogP) is 0.469. The molecule has 0 spiro atoms. The minimum atomic E-state index is -1.27. The maximum absolute atomic E-state index is 10.7. The molecule has 6 nitrogen and oxygen atoms in total. The summed E-state index contributed by atoms with van der Waals surface area (Å²) in [5.41, 5.74) is 0.131. The lowest BCUT2D eigenvalue weighted by molar-refractivity contribution is -0.140. The molecule has 1 amide bonds. The van der Waals surface area contributed by atoms with Crippen molar-refractivity contribution in [1.82, 2.24) is 4.98 Å². The van der Waals surface area contributed by atoms with Gasteiger partial charge in [0.25, 0.3) is 0 Å². The quantitative estimate of drug-likeness (QED) is 0.576. The summed E-state index contributed by atoms with van der Waals surface area (Å²) in [5, 5.41) is 12.8. The van der Waals surface area contributed by atoms with Crippen molar-refractivity contribution in [2.75, 3.05) is 5.32 Å². The fourth-order valence-corrected chi connectivity index (χ4v) is 1.68. The maximum Gasteiger partial charge on any atom is 0.319 e. The van der Waals surface area contributed by atoms with Gasteiger partial charge in [0.15, 0.2) is 11.0 Å². The van der Waals surface area contributed by atoms with Crippen LogP contribution in [0.2, 0.25) is 0 Å². The molecule has 1 aromatic rings. The summed E-state index contributed by atoms with van der Waals surface area (Å²) in [4.78, 5) is 35.6. The molecular weight excluding hydrogens is 220 g/mol. The van der Waals surface area contributed by atoms with Crippen LogP contribution in [0.15, 0.2) is 5.38 Å². The van der Waals surface area contributed by atoms with Gasteiger partial charge in [-0.15, -0.1) is 11.3 Å². The van der Waals surface area contributed by atoms with Crippen molar-refractivity contribution in [1.29, 1.82) is 0 Å². The summed E-state index contributed by atoms with van der Waals surface area (Å²) in [6.45, 7) is 1.31. The van der Waals surface area contributed by atoms with Gasteiger partial charge in [0.05, 0.1) is 5.69 Å². The first-order chi connectivity index (χ1) is 7.04. The zero-order valence-corrected chi connectivity index (χ0v) is 8.58. The van der Waals surface area contributed by atoms with Gasteiger partial charge < -0.3 is 15.2 Å². The number of aldehydes is 1. The number of carboxylic acids is 1.